The summed E-state index contributed by atoms with van der Waals surface area (Å²) in [6, 6.07) is 14.1. The van der Waals surface area contributed by atoms with Crippen LogP contribution in [-0.2, 0) is 11.3 Å². The fourth-order valence-electron chi connectivity index (χ4n) is 2.64. The summed E-state index contributed by atoms with van der Waals surface area (Å²) in [4.78, 5) is 0. The van der Waals surface area contributed by atoms with Gasteiger partial charge in [0, 0.05) is 23.9 Å². The lowest BCUT2D eigenvalue weighted by Gasteiger charge is -2.15. The van der Waals surface area contributed by atoms with Gasteiger partial charge in [-0.15, -0.1) is 10.2 Å². The molecule has 0 fully saturated rings. The maximum atomic E-state index is 5.88. The number of para-hydroxylation sites is 1. The van der Waals surface area contributed by atoms with Gasteiger partial charge in [-0.1, -0.05) is 24.3 Å². The van der Waals surface area contributed by atoms with E-state index in [1.807, 2.05) is 37.3 Å². The highest BCUT2D eigenvalue weighted by Crippen LogP contribution is 2.26. The van der Waals surface area contributed by atoms with Gasteiger partial charge < -0.3 is 14.5 Å². The molecule has 0 saturated carbocycles. The average molecular weight is 337 g/mol. The Morgan fingerprint density at radius 3 is 2.64 bits per heavy atom. The molecule has 0 aliphatic rings. The average Bonchev–Trinajstić information content (AvgIpc) is 3.09. The van der Waals surface area contributed by atoms with E-state index in [2.05, 4.69) is 41.5 Å². The Morgan fingerprint density at radius 2 is 1.88 bits per heavy atom. The first-order valence-corrected chi connectivity index (χ1v) is 8.33. The molecule has 0 unspecified atom stereocenters. The second-order valence-electron chi connectivity index (χ2n) is 6.20. The summed E-state index contributed by atoms with van der Waals surface area (Å²) in [6.07, 6.45) is 0. The number of hydrogen-bond donors (Lipinski definition) is 1. The highest BCUT2D eigenvalue weighted by molar-refractivity contribution is 5.55. The topological polar surface area (TPSA) is 60.2 Å². The van der Waals surface area contributed by atoms with Crippen LogP contribution < -0.4 is 5.32 Å². The van der Waals surface area contributed by atoms with Crippen molar-refractivity contribution in [3.63, 3.8) is 0 Å². The quantitative estimate of drug-likeness (QED) is 0.708. The number of anilines is 1. The molecule has 25 heavy (non-hydrogen) atoms. The molecule has 0 spiro atoms. The standard InChI is InChI=1S/C20H23N3O2/c1-13-9-10-16(11-14(13)2)20-23-22-19(25-20)15(3)21-18-8-6-5-7-17(18)12-24-4/h5-11,15,21H,12H2,1-4H3/t15-/m1/s1. The van der Waals surface area contributed by atoms with Crippen LogP contribution in [0, 0.1) is 13.8 Å². The van der Waals surface area contributed by atoms with E-state index in [0.717, 1.165) is 16.8 Å². The molecule has 130 valence electrons. The van der Waals surface area contributed by atoms with Crippen molar-refractivity contribution in [2.75, 3.05) is 12.4 Å². The van der Waals surface area contributed by atoms with E-state index in [1.54, 1.807) is 7.11 Å². The highest BCUT2D eigenvalue weighted by atomic mass is 16.5. The van der Waals surface area contributed by atoms with Gasteiger partial charge in [0.25, 0.3) is 0 Å². The molecule has 0 bridgehead atoms. The zero-order valence-corrected chi connectivity index (χ0v) is 15.0. The van der Waals surface area contributed by atoms with Crippen LogP contribution in [0.3, 0.4) is 0 Å². The second-order valence-corrected chi connectivity index (χ2v) is 6.20. The maximum absolute atomic E-state index is 5.88. The number of benzene rings is 2. The SMILES string of the molecule is COCc1ccccc1N[C@H](C)c1nnc(-c2ccc(C)c(C)c2)o1. The van der Waals surface area contributed by atoms with E-state index in [1.165, 1.54) is 11.1 Å². The summed E-state index contributed by atoms with van der Waals surface area (Å²) in [5.41, 5.74) is 5.48. The molecule has 5 heteroatoms. The number of aryl methyl sites for hydroxylation is 2. The van der Waals surface area contributed by atoms with Crippen molar-refractivity contribution in [1.82, 2.24) is 10.2 Å². The number of methoxy groups -OCH3 is 1. The zero-order valence-electron chi connectivity index (χ0n) is 15.0. The molecule has 0 aliphatic carbocycles. The first-order chi connectivity index (χ1) is 12.1. The summed E-state index contributed by atoms with van der Waals surface area (Å²) in [7, 11) is 1.69. The van der Waals surface area contributed by atoms with Crippen LogP contribution >= 0.6 is 0 Å². The molecular formula is C20H23N3O2. The molecule has 0 radical (unpaired) electrons. The number of hydrogen-bond acceptors (Lipinski definition) is 5. The van der Waals surface area contributed by atoms with Crippen molar-refractivity contribution in [2.45, 2.75) is 33.4 Å². The van der Waals surface area contributed by atoms with Crippen LogP contribution in [0.5, 0.6) is 0 Å². The van der Waals surface area contributed by atoms with Gasteiger partial charge in [-0.2, -0.15) is 0 Å². The molecule has 1 atom stereocenters. The fourth-order valence-corrected chi connectivity index (χ4v) is 2.64. The second kappa shape index (κ2) is 7.49. The predicted molar refractivity (Wildman–Crippen MR) is 98.4 cm³/mol. The van der Waals surface area contributed by atoms with Crippen molar-refractivity contribution in [2.24, 2.45) is 0 Å². The third kappa shape index (κ3) is 3.88. The van der Waals surface area contributed by atoms with Crippen molar-refractivity contribution in [3.8, 4) is 11.5 Å². The maximum Gasteiger partial charge on any atom is 0.247 e. The Balaban J connectivity index is 1.79. The van der Waals surface area contributed by atoms with Gasteiger partial charge in [-0.3, -0.25) is 0 Å². The molecule has 0 saturated heterocycles. The molecular weight excluding hydrogens is 314 g/mol. The smallest absolute Gasteiger partial charge is 0.247 e. The van der Waals surface area contributed by atoms with Crippen LogP contribution in [0.4, 0.5) is 5.69 Å². The van der Waals surface area contributed by atoms with E-state index >= 15 is 0 Å². The Kier molecular flexibility index (Phi) is 5.14. The molecule has 1 heterocycles. The Hall–Kier alpha value is -2.66. The first-order valence-electron chi connectivity index (χ1n) is 8.33. The Bertz CT molecular complexity index is 858. The van der Waals surface area contributed by atoms with Crippen LogP contribution in [0.15, 0.2) is 46.9 Å². The minimum absolute atomic E-state index is 0.106. The molecule has 0 aliphatic heterocycles. The summed E-state index contributed by atoms with van der Waals surface area (Å²) in [5.74, 6) is 1.09. The van der Waals surface area contributed by atoms with Crippen LogP contribution in [0.2, 0.25) is 0 Å². The van der Waals surface area contributed by atoms with Gasteiger partial charge in [0.1, 0.15) is 6.04 Å². The minimum Gasteiger partial charge on any atom is -0.418 e. The number of ether oxygens (including phenoxy) is 1. The van der Waals surface area contributed by atoms with E-state index in [0.29, 0.717) is 18.4 Å². The summed E-state index contributed by atoms with van der Waals surface area (Å²) in [6.45, 7) is 6.71. The molecule has 0 amide bonds. The largest absolute Gasteiger partial charge is 0.418 e. The Labute approximate surface area is 148 Å². The lowest BCUT2D eigenvalue weighted by atomic mass is 10.1. The third-order valence-electron chi connectivity index (χ3n) is 4.25. The third-order valence-corrected chi connectivity index (χ3v) is 4.25. The van der Waals surface area contributed by atoms with Crippen LogP contribution in [0.1, 0.15) is 35.5 Å². The molecule has 3 aromatic rings. The molecule has 3 rings (SSSR count). The fraction of sp³-hybridized carbons (Fsp3) is 0.300. The minimum atomic E-state index is -0.106. The van der Waals surface area contributed by atoms with Gasteiger partial charge in [0.05, 0.1) is 6.61 Å². The van der Waals surface area contributed by atoms with E-state index in [-0.39, 0.29) is 6.04 Å². The Morgan fingerprint density at radius 1 is 1.08 bits per heavy atom. The molecule has 2 aromatic carbocycles. The highest BCUT2D eigenvalue weighted by Gasteiger charge is 2.16. The number of nitrogens with one attached hydrogen (secondary N) is 1. The lowest BCUT2D eigenvalue weighted by Crippen LogP contribution is -2.09. The van der Waals surface area contributed by atoms with Crippen molar-refractivity contribution in [3.05, 3.63) is 65.0 Å². The van der Waals surface area contributed by atoms with Gasteiger partial charge in [-0.25, -0.2) is 0 Å². The van der Waals surface area contributed by atoms with Crippen molar-refractivity contribution >= 4 is 5.69 Å². The monoisotopic (exact) mass is 337 g/mol. The molecule has 1 N–H and O–H groups in total. The normalized spacial score (nSPS) is 12.2. The van der Waals surface area contributed by atoms with Gasteiger partial charge in [0.15, 0.2) is 0 Å². The number of rotatable bonds is 6. The van der Waals surface area contributed by atoms with Gasteiger partial charge in [-0.05, 0) is 50.1 Å². The first kappa shape index (κ1) is 17.2. The zero-order chi connectivity index (χ0) is 17.8. The van der Waals surface area contributed by atoms with Crippen molar-refractivity contribution < 1.29 is 9.15 Å². The molecule has 5 nitrogen and oxygen atoms in total. The van der Waals surface area contributed by atoms with Crippen LogP contribution in [0.25, 0.3) is 11.5 Å². The number of aromatic nitrogens is 2. The van der Waals surface area contributed by atoms with Crippen molar-refractivity contribution in [1.29, 1.82) is 0 Å². The summed E-state index contributed by atoms with van der Waals surface area (Å²) < 4.78 is 11.1. The van der Waals surface area contributed by atoms with Crippen LogP contribution in [-0.4, -0.2) is 17.3 Å². The van der Waals surface area contributed by atoms with Gasteiger partial charge in [0.2, 0.25) is 11.8 Å². The lowest BCUT2D eigenvalue weighted by molar-refractivity contribution is 0.185. The summed E-state index contributed by atoms with van der Waals surface area (Å²) in [5, 5.41) is 11.8. The van der Waals surface area contributed by atoms with Gasteiger partial charge >= 0.3 is 0 Å². The van der Waals surface area contributed by atoms with E-state index < -0.39 is 0 Å². The predicted octanol–water partition coefficient (Wildman–Crippen LogP) is 4.67. The summed E-state index contributed by atoms with van der Waals surface area (Å²) >= 11 is 0. The van der Waals surface area contributed by atoms with E-state index in [4.69, 9.17) is 9.15 Å². The molecule has 1 aromatic heterocycles. The van der Waals surface area contributed by atoms with E-state index in [9.17, 15) is 0 Å². The number of nitrogens with zero attached hydrogens (tertiary/aromatic N) is 2.